The molecule has 0 spiro atoms. The van der Waals surface area contributed by atoms with Crippen molar-refractivity contribution in [2.45, 2.75) is 12.6 Å². The Hall–Kier alpha value is -2.65. The number of nitrogens with zero attached hydrogens (tertiary/aromatic N) is 1. The maximum Gasteiger partial charge on any atom is 0.450 e. The standard InChI is InChI=1S/C10H8F3N3O4/c11-10(12,13)8(17)4-9(18)15-5-1-2-6(14)7(3-5)16(19)20/h1-3H,4,14H2,(H,15,18). The Morgan fingerprint density at radius 1 is 1.35 bits per heavy atom. The summed E-state index contributed by atoms with van der Waals surface area (Å²) in [4.78, 5) is 31.5. The van der Waals surface area contributed by atoms with Crippen molar-refractivity contribution in [1.29, 1.82) is 0 Å². The molecule has 1 aromatic rings. The normalized spacial score (nSPS) is 10.9. The molecule has 0 unspecified atom stereocenters. The van der Waals surface area contributed by atoms with E-state index in [-0.39, 0.29) is 11.4 Å². The molecule has 0 atom stereocenters. The summed E-state index contributed by atoms with van der Waals surface area (Å²) in [6, 6.07) is 3.16. The molecule has 20 heavy (non-hydrogen) atoms. The molecular formula is C10H8F3N3O4. The lowest BCUT2D eigenvalue weighted by atomic mass is 10.2. The summed E-state index contributed by atoms with van der Waals surface area (Å²) in [5.41, 5.74) is 4.49. The van der Waals surface area contributed by atoms with Gasteiger partial charge in [0.2, 0.25) is 11.7 Å². The van der Waals surface area contributed by atoms with E-state index in [1.165, 1.54) is 0 Å². The lowest BCUT2D eigenvalue weighted by Gasteiger charge is -2.07. The van der Waals surface area contributed by atoms with E-state index < -0.39 is 34.9 Å². The van der Waals surface area contributed by atoms with Crippen LogP contribution < -0.4 is 11.1 Å². The number of hydrogen-bond acceptors (Lipinski definition) is 5. The zero-order valence-electron chi connectivity index (χ0n) is 9.73. The van der Waals surface area contributed by atoms with Crippen LogP contribution >= 0.6 is 0 Å². The molecule has 0 aliphatic rings. The fraction of sp³-hybridized carbons (Fsp3) is 0.200. The third kappa shape index (κ3) is 3.93. The highest BCUT2D eigenvalue weighted by Gasteiger charge is 2.39. The third-order valence-corrected chi connectivity index (χ3v) is 2.15. The topological polar surface area (TPSA) is 115 Å². The highest BCUT2D eigenvalue weighted by atomic mass is 19.4. The van der Waals surface area contributed by atoms with Crippen LogP contribution in [0.5, 0.6) is 0 Å². The second-order valence-corrected chi connectivity index (χ2v) is 3.68. The highest BCUT2D eigenvalue weighted by Crippen LogP contribution is 2.25. The van der Waals surface area contributed by atoms with E-state index in [0.717, 1.165) is 18.2 Å². The Morgan fingerprint density at radius 2 is 1.95 bits per heavy atom. The molecule has 0 radical (unpaired) electrons. The summed E-state index contributed by atoms with van der Waals surface area (Å²) in [5, 5.41) is 12.5. The van der Waals surface area contributed by atoms with Gasteiger partial charge in [0.25, 0.3) is 5.69 Å². The number of amides is 1. The van der Waals surface area contributed by atoms with Crippen molar-refractivity contribution in [1.82, 2.24) is 0 Å². The minimum absolute atomic E-state index is 0.133. The zero-order chi connectivity index (χ0) is 15.5. The van der Waals surface area contributed by atoms with Crippen LogP contribution in [0.25, 0.3) is 0 Å². The van der Waals surface area contributed by atoms with Crippen molar-refractivity contribution in [2.24, 2.45) is 0 Å². The number of anilines is 2. The molecule has 108 valence electrons. The first-order chi connectivity index (χ1) is 9.11. The van der Waals surface area contributed by atoms with Gasteiger partial charge in [0.05, 0.1) is 11.3 Å². The van der Waals surface area contributed by atoms with Crippen LogP contribution in [0.1, 0.15) is 6.42 Å². The first-order valence-electron chi connectivity index (χ1n) is 5.05. The molecule has 3 N–H and O–H groups in total. The summed E-state index contributed by atoms with van der Waals surface area (Å²) in [6.07, 6.45) is -6.51. The SMILES string of the molecule is Nc1ccc(NC(=O)CC(=O)C(F)(F)F)cc1[N+](=O)[O-]. The van der Waals surface area contributed by atoms with Crippen molar-refractivity contribution < 1.29 is 27.7 Å². The van der Waals surface area contributed by atoms with Crippen LogP contribution in [0.4, 0.5) is 30.2 Å². The Bertz CT molecular complexity index is 571. The summed E-state index contributed by atoms with van der Waals surface area (Å²) >= 11 is 0. The number of ketones is 1. The number of benzene rings is 1. The number of halogens is 3. The second kappa shape index (κ2) is 5.55. The number of nitrogens with two attached hydrogens (primary N) is 1. The van der Waals surface area contributed by atoms with Gasteiger partial charge in [0.15, 0.2) is 0 Å². The minimum Gasteiger partial charge on any atom is -0.393 e. The molecule has 10 heteroatoms. The molecule has 0 aromatic heterocycles. The van der Waals surface area contributed by atoms with E-state index in [1.807, 2.05) is 5.32 Å². The summed E-state index contributed by atoms with van der Waals surface area (Å²) < 4.78 is 35.8. The molecule has 0 heterocycles. The lowest BCUT2D eigenvalue weighted by Crippen LogP contribution is -2.27. The monoisotopic (exact) mass is 291 g/mol. The predicted octanol–water partition coefficient (Wildman–Crippen LogP) is 1.64. The van der Waals surface area contributed by atoms with E-state index in [4.69, 9.17) is 5.73 Å². The summed E-state index contributed by atoms with van der Waals surface area (Å²) in [6.45, 7) is 0. The van der Waals surface area contributed by atoms with Gasteiger partial charge in [0, 0.05) is 11.8 Å². The lowest BCUT2D eigenvalue weighted by molar-refractivity contribution is -0.383. The van der Waals surface area contributed by atoms with Crippen LogP contribution in [0.2, 0.25) is 0 Å². The summed E-state index contributed by atoms with van der Waals surface area (Å²) in [5.74, 6) is -3.44. The van der Waals surface area contributed by atoms with Gasteiger partial charge in [-0.3, -0.25) is 19.7 Å². The molecule has 0 saturated heterocycles. The number of carbonyl (C=O) groups is 2. The van der Waals surface area contributed by atoms with Gasteiger partial charge in [-0.2, -0.15) is 13.2 Å². The average Bonchev–Trinajstić information content (AvgIpc) is 2.29. The number of rotatable bonds is 4. The van der Waals surface area contributed by atoms with Gasteiger partial charge in [-0.25, -0.2) is 0 Å². The maximum atomic E-state index is 11.9. The average molecular weight is 291 g/mol. The number of nitrogens with one attached hydrogen (secondary N) is 1. The number of alkyl halides is 3. The molecular weight excluding hydrogens is 283 g/mol. The van der Waals surface area contributed by atoms with Crippen LogP contribution in [-0.4, -0.2) is 22.8 Å². The van der Waals surface area contributed by atoms with Crippen molar-refractivity contribution in [3.63, 3.8) is 0 Å². The van der Waals surface area contributed by atoms with Crippen molar-refractivity contribution >= 4 is 28.8 Å². The van der Waals surface area contributed by atoms with E-state index in [2.05, 4.69) is 0 Å². The van der Waals surface area contributed by atoms with Crippen LogP contribution in [0.3, 0.4) is 0 Å². The Balaban J connectivity index is 2.79. The molecule has 1 aromatic carbocycles. The number of nitro benzene ring substituents is 1. The highest BCUT2D eigenvalue weighted by molar-refractivity contribution is 6.06. The number of hydrogen-bond donors (Lipinski definition) is 2. The molecule has 1 rings (SSSR count). The van der Waals surface area contributed by atoms with Gasteiger partial charge in [-0.05, 0) is 12.1 Å². The molecule has 0 aliphatic heterocycles. The van der Waals surface area contributed by atoms with Gasteiger partial charge >= 0.3 is 6.18 Å². The van der Waals surface area contributed by atoms with E-state index in [0.29, 0.717) is 0 Å². The largest absolute Gasteiger partial charge is 0.450 e. The first-order valence-corrected chi connectivity index (χ1v) is 5.05. The van der Waals surface area contributed by atoms with Crippen molar-refractivity contribution in [3.8, 4) is 0 Å². The second-order valence-electron chi connectivity index (χ2n) is 3.68. The molecule has 0 aliphatic carbocycles. The van der Waals surface area contributed by atoms with Gasteiger partial charge in [0.1, 0.15) is 5.69 Å². The molecule has 0 saturated carbocycles. The third-order valence-electron chi connectivity index (χ3n) is 2.15. The zero-order valence-corrected chi connectivity index (χ0v) is 9.73. The smallest absolute Gasteiger partial charge is 0.393 e. The number of nitro groups is 1. The van der Waals surface area contributed by atoms with Crippen LogP contribution in [0.15, 0.2) is 18.2 Å². The van der Waals surface area contributed by atoms with Gasteiger partial charge in [-0.1, -0.05) is 0 Å². The van der Waals surface area contributed by atoms with Gasteiger partial charge in [-0.15, -0.1) is 0 Å². The van der Waals surface area contributed by atoms with Crippen molar-refractivity contribution in [3.05, 3.63) is 28.3 Å². The van der Waals surface area contributed by atoms with Gasteiger partial charge < -0.3 is 11.1 Å². The van der Waals surface area contributed by atoms with Crippen LogP contribution in [-0.2, 0) is 9.59 Å². The molecule has 1 amide bonds. The molecule has 0 bridgehead atoms. The molecule has 7 nitrogen and oxygen atoms in total. The Labute approximate surface area is 109 Å². The minimum atomic E-state index is -5.11. The quantitative estimate of drug-likeness (QED) is 0.378. The number of carbonyl (C=O) groups excluding carboxylic acids is 2. The fourth-order valence-electron chi connectivity index (χ4n) is 1.23. The number of Topliss-reactive ketones (excluding diaryl/α,β-unsaturated/α-hetero) is 1. The van der Waals surface area contributed by atoms with E-state index in [9.17, 15) is 32.9 Å². The number of nitrogen functional groups attached to an aromatic ring is 1. The Morgan fingerprint density at radius 3 is 2.45 bits per heavy atom. The van der Waals surface area contributed by atoms with E-state index >= 15 is 0 Å². The summed E-state index contributed by atoms with van der Waals surface area (Å²) in [7, 11) is 0. The van der Waals surface area contributed by atoms with Crippen molar-refractivity contribution in [2.75, 3.05) is 11.1 Å². The Kier molecular flexibility index (Phi) is 4.27. The first kappa shape index (κ1) is 15.4. The van der Waals surface area contributed by atoms with E-state index in [1.54, 1.807) is 0 Å². The maximum absolute atomic E-state index is 11.9. The molecule has 0 fully saturated rings. The predicted molar refractivity (Wildman–Crippen MR) is 61.8 cm³/mol. The fourth-order valence-corrected chi connectivity index (χ4v) is 1.23. The van der Waals surface area contributed by atoms with Crippen LogP contribution in [0, 0.1) is 10.1 Å².